The molecular weight excluding hydrogens is 230 g/mol. The summed E-state index contributed by atoms with van der Waals surface area (Å²) >= 11 is 0. The zero-order valence-electron chi connectivity index (χ0n) is 10.5. The van der Waals surface area contributed by atoms with Crippen molar-refractivity contribution in [2.24, 2.45) is 5.73 Å². The summed E-state index contributed by atoms with van der Waals surface area (Å²) in [7, 11) is 0. The molecule has 0 heterocycles. The van der Waals surface area contributed by atoms with Crippen LogP contribution < -0.4 is 16.4 Å². The molecule has 0 bridgehead atoms. The molecule has 0 aliphatic carbocycles. The molecule has 0 saturated carbocycles. The van der Waals surface area contributed by atoms with Crippen LogP contribution in [0.3, 0.4) is 0 Å². The molecule has 0 aliphatic heterocycles. The minimum Gasteiger partial charge on any atom is -0.366 e. The van der Waals surface area contributed by atoms with Gasteiger partial charge in [0.1, 0.15) is 0 Å². The van der Waals surface area contributed by atoms with Gasteiger partial charge in [-0.25, -0.2) is 4.79 Å². The van der Waals surface area contributed by atoms with Crippen LogP contribution in [-0.4, -0.2) is 11.9 Å². The second-order valence-corrected chi connectivity index (χ2v) is 3.88. The summed E-state index contributed by atoms with van der Waals surface area (Å²) in [6.45, 7) is 3.94. The van der Waals surface area contributed by atoms with Gasteiger partial charge in [0.2, 0.25) is 5.91 Å². The van der Waals surface area contributed by atoms with E-state index in [0.717, 1.165) is 12.0 Å². The smallest absolute Gasteiger partial charge is 0.323 e. The van der Waals surface area contributed by atoms with Crippen LogP contribution in [0, 0.1) is 0 Å². The topological polar surface area (TPSA) is 84.2 Å². The van der Waals surface area contributed by atoms with Gasteiger partial charge in [-0.15, -0.1) is 0 Å². The number of hydrogen-bond donors (Lipinski definition) is 3. The van der Waals surface area contributed by atoms with Crippen molar-refractivity contribution in [3.05, 3.63) is 41.6 Å². The van der Waals surface area contributed by atoms with Crippen LogP contribution in [-0.2, 0) is 0 Å². The molecule has 1 aromatic carbocycles. The molecular formula is C13H17N3O2. The third-order valence-electron chi connectivity index (χ3n) is 2.43. The van der Waals surface area contributed by atoms with Crippen LogP contribution in [0.2, 0.25) is 0 Å². The monoisotopic (exact) mass is 247 g/mol. The van der Waals surface area contributed by atoms with Crippen molar-refractivity contribution in [3.8, 4) is 0 Å². The number of benzene rings is 1. The minimum absolute atomic E-state index is 0.324. The maximum Gasteiger partial charge on any atom is 0.323 e. The van der Waals surface area contributed by atoms with Crippen LogP contribution in [0.25, 0.3) is 0 Å². The predicted molar refractivity (Wildman–Crippen MR) is 71.2 cm³/mol. The van der Waals surface area contributed by atoms with E-state index in [1.165, 1.54) is 0 Å². The highest BCUT2D eigenvalue weighted by atomic mass is 16.2. The fourth-order valence-corrected chi connectivity index (χ4v) is 1.18. The van der Waals surface area contributed by atoms with Crippen LogP contribution in [0.4, 0.5) is 10.5 Å². The largest absolute Gasteiger partial charge is 0.366 e. The van der Waals surface area contributed by atoms with Crippen molar-refractivity contribution in [1.29, 1.82) is 0 Å². The van der Waals surface area contributed by atoms with Crippen molar-refractivity contribution < 1.29 is 9.59 Å². The molecule has 96 valence electrons. The van der Waals surface area contributed by atoms with Crippen molar-refractivity contribution in [2.75, 3.05) is 5.32 Å². The summed E-state index contributed by atoms with van der Waals surface area (Å²) in [6.07, 6.45) is 2.54. The van der Waals surface area contributed by atoms with Crippen LogP contribution >= 0.6 is 0 Å². The van der Waals surface area contributed by atoms with Gasteiger partial charge in [0.25, 0.3) is 0 Å². The number of allylic oxidation sites excluding steroid dienone is 1. The van der Waals surface area contributed by atoms with Gasteiger partial charge in [0, 0.05) is 17.5 Å². The Morgan fingerprint density at radius 3 is 2.39 bits per heavy atom. The van der Waals surface area contributed by atoms with Gasteiger partial charge in [-0.1, -0.05) is 12.5 Å². The molecule has 0 fully saturated rings. The van der Waals surface area contributed by atoms with Crippen molar-refractivity contribution >= 4 is 17.6 Å². The highest BCUT2D eigenvalue weighted by Crippen LogP contribution is 2.08. The van der Waals surface area contributed by atoms with Crippen LogP contribution in [0.1, 0.15) is 30.6 Å². The molecule has 0 unspecified atom stereocenters. The standard InChI is InChI=1S/C13H17N3O2/c1-3-9(2)8-15-13(18)16-11-6-4-10(5-7-11)12(14)17/h4-8H,3H2,1-2H3,(H2,14,17)(H2,15,16,18)/b9-8+. The van der Waals surface area contributed by atoms with E-state index < -0.39 is 5.91 Å². The maximum absolute atomic E-state index is 11.5. The SMILES string of the molecule is CC/C(C)=C/NC(=O)Nc1ccc(C(N)=O)cc1. The molecule has 0 radical (unpaired) electrons. The molecule has 0 spiro atoms. The Morgan fingerprint density at radius 1 is 1.28 bits per heavy atom. The maximum atomic E-state index is 11.5. The molecule has 0 atom stereocenters. The average molecular weight is 247 g/mol. The Balaban J connectivity index is 2.57. The van der Waals surface area contributed by atoms with E-state index in [1.807, 2.05) is 13.8 Å². The van der Waals surface area contributed by atoms with Crippen molar-refractivity contribution in [1.82, 2.24) is 5.32 Å². The van der Waals surface area contributed by atoms with Gasteiger partial charge >= 0.3 is 6.03 Å². The second-order valence-electron chi connectivity index (χ2n) is 3.88. The Hall–Kier alpha value is -2.30. The molecule has 1 rings (SSSR count). The van der Waals surface area contributed by atoms with Crippen LogP contribution in [0.15, 0.2) is 36.0 Å². The number of rotatable bonds is 4. The van der Waals surface area contributed by atoms with E-state index in [4.69, 9.17) is 5.73 Å². The fourth-order valence-electron chi connectivity index (χ4n) is 1.18. The first-order chi connectivity index (χ1) is 8.52. The Kier molecular flexibility index (Phi) is 4.92. The number of hydrogen-bond acceptors (Lipinski definition) is 2. The molecule has 5 heteroatoms. The van der Waals surface area contributed by atoms with Gasteiger partial charge < -0.3 is 16.4 Å². The third kappa shape index (κ3) is 4.29. The lowest BCUT2D eigenvalue weighted by atomic mass is 10.2. The molecule has 4 N–H and O–H groups in total. The number of anilines is 1. The molecule has 5 nitrogen and oxygen atoms in total. The molecule has 1 aromatic rings. The quantitative estimate of drug-likeness (QED) is 0.762. The number of urea groups is 1. The Bertz CT molecular complexity index is 464. The van der Waals surface area contributed by atoms with E-state index in [0.29, 0.717) is 11.3 Å². The van der Waals surface area contributed by atoms with Gasteiger partial charge in [-0.05, 0) is 37.6 Å². The minimum atomic E-state index is -0.493. The average Bonchev–Trinajstić information content (AvgIpc) is 2.36. The molecule has 0 aliphatic rings. The highest BCUT2D eigenvalue weighted by molar-refractivity contribution is 5.94. The molecule has 18 heavy (non-hydrogen) atoms. The first-order valence-electron chi connectivity index (χ1n) is 5.66. The zero-order valence-corrected chi connectivity index (χ0v) is 10.5. The first-order valence-corrected chi connectivity index (χ1v) is 5.66. The third-order valence-corrected chi connectivity index (χ3v) is 2.43. The van der Waals surface area contributed by atoms with E-state index >= 15 is 0 Å². The van der Waals surface area contributed by atoms with E-state index in [-0.39, 0.29) is 6.03 Å². The fraction of sp³-hybridized carbons (Fsp3) is 0.231. The summed E-state index contributed by atoms with van der Waals surface area (Å²) < 4.78 is 0. The summed E-state index contributed by atoms with van der Waals surface area (Å²) in [5, 5.41) is 5.26. The number of carbonyl (C=O) groups is 2. The number of nitrogens with two attached hydrogens (primary N) is 1. The summed E-state index contributed by atoms with van der Waals surface area (Å²) in [5.41, 5.74) is 7.20. The number of primary amides is 1. The molecule has 3 amide bonds. The molecule has 0 aromatic heterocycles. The summed E-state index contributed by atoms with van der Waals surface area (Å²) in [4.78, 5) is 22.4. The van der Waals surface area contributed by atoms with Gasteiger partial charge in [-0.3, -0.25) is 4.79 Å². The lowest BCUT2D eigenvalue weighted by Crippen LogP contribution is -2.24. The zero-order chi connectivity index (χ0) is 13.5. The second kappa shape index (κ2) is 6.44. The van der Waals surface area contributed by atoms with Gasteiger partial charge in [0.15, 0.2) is 0 Å². The molecule has 0 saturated heterocycles. The lowest BCUT2D eigenvalue weighted by Gasteiger charge is -2.05. The Labute approximate surface area is 106 Å². The first kappa shape index (κ1) is 13.8. The van der Waals surface area contributed by atoms with Gasteiger partial charge in [0.05, 0.1) is 0 Å². The van der Waals surface area contributed by atoms with Crippen molar-refractivity contribution in [2.45, 2.75) is 20.3 Å². The van der Waals surface area contributed by atoms with Crippen LogP contribution in [0.5, 0.6) is 0 Å². The highest BCUT2D eigenvalue weighted by Gasteiger charge is 2.02. The van der Waals surface area contributed by atoms with E-state index in [1.54, 1.807) is 30.5 Å². The van der Waals surface area contributed by atoms with Crippen molar-refractivity contribution in [3.63, 3.8) is 0 Å². The predicted octanol–water partition coefficient (Wildman–Crippen LogP) is 2.22. The summed E-state index contributed by atoms with van der Waals surface area (Å²) in [6, 6.07) is 6.04. The number of amides is 3. The number of nitrogens with one attached hydrogen (secondary N) is 2. The normalized spacial score (nSPS) is 10.9. The van der Waals surface area contributed by atoms with E-state index in [9.17, 15) is 9.59 Å². The van der Waals surface area contributed by atoms with E-state index in [2.05, 4.69) is 10.6 Å². The lowest BCUT2D eigenvalue weighted by molar-refractivity contribution is 0.100. The van der Waals surface area contributed by atoms with Gasteiger partial charge in [-0.2, -0.15) is 0 Å². The summed E-state index contributed by atoms with van der Waals surface area (Å²) in [5.74, 6) is -0.493. The Morgan fingerprint density at radius 2 is 1.89 bits per heavy atom. The number of carbonyl (C=O) groups excluding carboxylic acids is 2.